The van der Waals surface area contributed by atoms with Gasteiger partial charge in [-0.3, -0.25) is 9.79 Å². The van der Waals surface area contributed by atoms with E-state index >= 15 is 0 Å². The maximum Gasteiger partial charge on any atom is 0.225 e. The maximum atomic E-state index is 12.7. The first-order valence-corrected chi connectivity index (χ1v) is 12.5. The van der Waals surface area contributed by atoms with Gasteiger partial charge in [-0.15, -0.1) is 0 Å². The van der Waals surface area contributed by atoms with Crippen LogP contribution in [0.4, 0.5) is 0 Å². The van der Waals surface area contributed by atoms with Gasteiger partial charge in [-0.25, -0.2) is 0 Å². The average molecular weight is 421 g/mol. The van der Waals surface area contributed by atoms with Crippen molar-refractivity contribution in [3.8, 4) is 0 Å². The SMILES string of the molecule is CCOC1CC(NC(=NC)NC2CCN(C(=O)C(CC)CC)CC2)C12CCCCC2. The van der Waals surface area contributed by atoms with Crippen molar-refractivity contribution in [2.75, 3.05) is 26.7 Å². The van der Waals surface area contributed by atoms with Crippen molar-refractivity contribution >= 4 is 11.9 Å². The van der Waals surface area contributed by atoms with E-state index in [-0.39, 0.29) is 11.3 Å². The third-order valence-corrected chi connectivity index (χ3v) is 7.95. The topological polar surface area (TPSA) is 66.0 Å². The molecule has 2 aliphatic carbocycles. The van der Waals surface area contributed by atoms with Crippen LogP contribution in [0.1, 0.15) is 85.0 Å². The minimum atomic E-state index is 0.188. The standard InChI is InChI=1S/C24H44N4O2/c1-5-18(6-2)22(29)28-15-11-19(12-16-28)26-23(25-4)27-20-17-21(30-7-3)24(20)13-9-8-10-14-24/h18-21H,5-17H2,1-4H3,(H2,25,26,27). The highest BCUT2D eigenvalue weighted by atomic mass is 16.5. The smallest absolute Gasteiger partial charge is 0.225 e. The summed E-state index contributed by atoms with van der Waals surface area (Å²) < 4.78 is 6.10. The Kier molecular flexibility index (Phi) is 8.44. The molecule has 0 bridgehead atoms. The van der Waals surface area contributed by atoms with E-state index in [4.69, 9.17) is 4.74 Å². The van der Waals surface area contributed by atoms with E-state index in [1.807, 2.05) is 7.05 Å². The van der Waals surface area contributed by atoms with Crippen LogP contribution in [0.3, 0.4) is 0 Å². The molecule has 3 fully saturated rings. The minimum absolute atomic E-state index is 0.188. The molecule has 6 heteroatoms. The van der Waals surface area contributed by atoms with Crippen LogP contribution in [0, 0.1) is 11.3 Å². The molecule has 1 spiro atoms. The third kappa shape index (κ3) is 4.95. The minimum Gasteiger partial charge on any atom is -0.378 e. The lowest BCUT2D eigenvalue weighted by Gasteiger charge is -2.58. The lowest BCUT2D eigenvalue weighted by molar-refractivity contribution is -0.145. The van der Waals surface area contributed by atoms with Gasteiger partial charge in [0.2, 0.25) is 5.91 Å². The van der Waals surface area contributed by atoms with Gasteiger partial charge in [0, 0.05) is 50.2 Å². The largest absolute Gasteiger partial charge is 0.378 e. The molecule has 2 atom stereocenters. The van der Waals surface area contributed by atoms with Gasteiger partial charge >= 0.3 is 0 Å². The Morgan fingerprint density at radius 1 is 1.10 bits per heavy atom. The van der Waals surface area contributed by atoms with Gasteiger partial charge in [-0.1, -0.05) is 33.1 Å². The Labute approximate surface area is 183 Å². The molecule has 1 heterocycles. The average Bonchev–Trinajstić information content (AvgIpc) is 2.79. The second kappa shape index (κ2) is 10.8. The number of piperidine rings is 1. The lowest BCUT2D eigenvalue weighted by Crippen LogP contribution is -2.67. The highest BCUT2D eigenvalue weighted by Crippen LogP contribution is 2.53. The zero-order valence-electron chi connectivity index (χ0n) is 19.7. The second-order valence-electron chi connectivity index (χ2n) is 9.50. The molecule has 2 saturated carbocycles. The summed E-state index contributed by atoms with van der Waals surface area (Å²) in [6.45, 7) is 8.85. The summed E-state index contributed by atoms with van der Waals surface area (Å²) >= 11 is 0. The molecule has 3 rings (SSSR count). The predicted molar refractivity (Wildman–Crippen MR) is 123 cm³/mol. The van der Waals surface area contributed by atoms with E-state index in [0.717, 1.165) is 57.8 Å². The molecule has 2 N–H and O–H groups in total. The zero-order valence-corrected chi connectivity index (χ0v) is 19.7. The quantitative estimate of drug-likeness (QED) is 0.487. The molecule has 1 aliphatic heterocycles. The second-order valence-corrected chi connectivity index (χ2v) is 9.50. The fourth-order valence-electron chi connectivity index (χ4n) is 5.94. The van der Waals surface area contributed by atoms with Crippen molar-refractivity contribution in [3.63, 3.8) is 0 Å². The number of ether oxygens (including phenoxy) is 1. The van der Waals surface area contributed by atoms with Crippen LogP contribution in [-0.4, -0.2) is 61.7 Å². The van der Waals surface area contributed by atoms with Crippen LogP contribution in [0.5, 0.6) is 0 Å². The number of guanidine groups is 1. The number of nitrogens with zero attached hydrogens (tertiary/aromatic N) is 2. The van der Waals surface area contributed by atoms with E-state index in [1.54, 1.807) is 0 Å². The van der Waals surface area contributed by atoms with Crippen molar-refractivity contribution in [3.05, 3.63) is 0 Å². The summed E-state index contributed by atoms with van der Waals surface area (Å²) in [5.41, 5.74) is 0.289. The first-order chi connectivity index (χ1) is 14.6. The fourth-order valence-corrected chi connectivity index (χ4v) is 5.94. The normalized spacial score (nSPS) is 27.2. The summed E-state index contributed by atoms with van der Waals surface area (Å²) in [5, 5.41) is 7.40. The number of carbonyl (C=O) groups excluding carboxylic acids is 1. The van der Waals surface area contributed by atoms with Crippen molar-refractivity contribution in [2.45, 2.75) is 103 Å². The molecule has 172 valence electrons. The molecule has 0 aromatic heterocycles. The molecule has 1 amide bonds. The van der Waals surface area contributed by atoms with Crippen molar-refractivity contribution in [1.29, 1.82) is 0 Å². The monoisotopic (exact) mass is 420 g/mol. The Hall–Kier alpha value is -1.30. The van der Waals surface area contributed by atoms with Crippen molar-refractivity contribution in [1.82, 2.24) is 15.5 Å². The number of carbonyl (C=O) groups is 1. The van der Waals surface area contributed by atoms with Gasteiger partial charge in [-0.2, -0.15) is 0 Å². The molecule has 1 saturated heterocycles. The molecule has 0 aromatic carbocycles. The van der Waals surface area contributed by atoms with Crippen LogP contribution in [0.2, 0.25) is 0 Å². The molecular weight excluding hydrogens is 376 g/mol. The Morgan fingerprint density at radius 3 is 2.33 bits per heavy atom. The van der Waals surface area contributed by atoms with E-state index in [0.29, 0.717) is 24.1 Å². The van der Waals surface area contributed by atoms with Gasteiger partial charge in [0.15, 0.2) is 5.96 Å². The predicted octanol–water partition coefficient (Wildman–Crippen LogP) is 3.71. The maximum absolute atomic E-state index is 12.7. The number of likely N-dealkylation sites (tertiary alicyclic amines) is 1. The van der Waals surface area contributed by atoms with E-state index in [1.165, 1.54) is 32.1 Å². The molecule has 2 unspecified atom stereocenters. The Bertz CT molecular complexity index is 576. The Morgan fingerprint density at radius 2 is 1.77 bits per heavy atom. The van der Waals surface area contributed by atoms with Gasteiger partial charge in [-0.05, 0) is 51.9 Å². The summed E-state index contributed by atoms with van der Waals surface area (Å²) in [7, 11) is 1.87. The number of hydrogen-bond donors (Lipinski definition) is 2. The van der Waals surface area contributed by atoms with E-state index in [2.05, 4.69) is 41.3 Å². The molecule has 3 aliphatic rings. The highest BCUT2D eigenvalue weighted by molar-refractivity contribution is 5.81. The molecule has 30 heavy (non-hydrogen) atoms. The molecule has 0 aromatic rings. The first-order valence-electron chi connectivity index (χ1n) is 12.5. The number of hydrogen-bond acceptors (Lipinski definition) is 3. The third-order valence-electron chi connectivity index (χ3n) is 7.95. The zero-order chi connectivity index (χ0) is 21.6. The van der Waals surface area contributed by atoms with E-state index in [9.17, 15) is 4.79 Å². The lowest BCUT2D eigenvalue weighted by atomic mass is 9.55. The van der Waals surface area contributed by atoms with Crippen molar-refractivity contribution in [2.24, 2.45) is 16.3 Å². The van der Waals surface area contributed by atoms with Gasteiger partial charge in [0.25, 0.3) is 0 Å². The van der Waals surface area contributed by atoms with Crippen LogP contribution < -0.4 is 10.6 Å². The molecule has 6 nitrogen and oxygen atoms in total. The van der Waals surface area contributed by atoms with Gasteiger partial charge < -0.3 is 20.3 Å². The fraction of sp³-hybridized carbons (Fsp3) is 0.917. The van der Waals surface area contributed by atoms with Gasteiger partial charge in [0.1, 0.15) is 0 Å². The summed E-state index contributed by atoms with van der Waals surface area (Å²) in [5.74, 6) is 1.45. The first kappa shape index (κ1) is 23.4. The summed E-state index contributed by atoms with van der Waals surface area (Å²) in [6, 6.07) is 0.837. The highest BCUT2D eigenvalue weighted by Gasteiger charge is 2.55. The number of amides is 1. The Balaban J connectivity index is 1.50. The summed E-state index contributed by atoms with van der Waals surface area (Å²) in [6.07, 6.45) is 11.9. The van der Waals surface area contributed by atoms with Crippen LogP contribution >= 0.6 is 0 Å². The number of rotatable bonds is 7. The summed E-state index contributed by atoms with van der Waals surface area (Å²) in [4.78, 5) is 19.3. The van der Waals surface area contributed by atoms with Crippen LogP contribution in [-0.2, 0) is 9.53 Å². The molecular formula is C24H44N4O2. The number of nitrogens with one attached hydrogen (secondary N) is 2. The van der Waals surface area contributed by atoms with Crippen LogP contribution in [0.15, 0.2) is 4.99 Å². The number of aliphatic imine (C=N–C) groups is 1. The van der Waals surface area contributed by atoms with Crippen LogP contribution in [0.25, 0.3) is 0 Å². The van der Waals surface area contributed by atoms with E-state index < -0.39 is 0 Å². The molecule has 0 radical (unpaired) electrons. The van der Waals surface area contributed by atoms with Crippen molar-refractivity contribution < 1.29 is 9.53 Å². The van der Waals surface area contributed by atoms with Gasteiger partial charge in [0.05, 0.1) is 6.10 Å².